The molecule has 5 heteroatoms. The smallest absolute Gasteiger partial charge is 0.251 e. The summed E-state index contributed by atoms with van der Waals surface area (Å²) in [5, 5.41) is 11.6. The summed E-state index contributed by atoms with van der Waals surface area (Å²) >= 11 is 0. The van der Waals surface area contributed by atoms with Crippen LogP contribution in [0, 0.1) is 11.3 Å². The molecule has 0 radical (unpaired) electrons. The summed E-state index contributed by atoms with van der Waals surface area (Å²) in [7, 11) is 0. The van der Waals surface area contributed by atoms with Crippen LogP contribution >= 0.6 is 0 Å². The van der Waals surface area contributed by atoms with E-state index in [-0.39, 0.29) is 5.91 Å². The van der Waals surface area contributed by atoms with Crippen LogP contribution in [0.1, 0.15) is 40.5 Å². The molecule has 0 bridgehead atoms. The number of nitrogens with zero attached hydrogens (tertiary/aromatic N) is 3. The zero-order valence-corrected chi connectivity index (χ0v) is 11.6. The minimum absolute atomic E-state index is 0.118. The second kappa shape index (κ2) is 5.80. The first-order valence-corrected chi connectivity index (χ1v) is 7.07. The maximum Gasteiger partial charge on any atom is 0.251 e. The number of nitrogens with one attached hydrogen (secondary N) is 1. The third-order valence-electron chi connectivity index (χ3n) is 3.60. The van der Waals surface area contributed by atoms with Gasteiger partial charge in [-0.2, -0.15) is 5.26 Å². The van der Waals surface area contributed by atoms with E-state index < -0.39 is 0 Å². The van der Waals surface area contributed by atoms with Gasteiger partial charge in [0, 0.05) is 37.0 Å². The van der Waals surface area contributed by atoms with Crippen LogP contribution in [-0.2, 0) is 6.54 Å². The molecule has 0 unspecified atom stereocenters. The Morgan fingerprint density at radius 2 is 2.14 bits per heavy atom. The van der Waals surface area contributed by atoms with Gasteiger partial charge in [-0.3, -0.25) is 4.79 Å². The van der Waals surface area contributed by atoms with Crippen molar-refractivity contribution < 1.29 is 4.79 Å². The minimum atomic E-state index is -0.118. The van der Waals surface area contributed by atoms with Gasteiger partial charge in [0.25, 0.3) is 5.91 Å². The molecule has 0 aliphatic heterocycles. The van der Waals surface area contributed by atoms with Gasteiger partial charge in [0.1, 0.15) is 5.82 Å². The van der Waals surface area contributed by atoms with Crippen molar-refractivity contribution in [1.29, 1.82) is 5.26 Å². The van der Waals surface area contributed by atoms with Crippen LogP contribution in [0.3, 0.4) is 0 Å². The normalized spacial score (nSPS) is 13.7. The van der Waals surface area contributed by atoms with Crippen molar-refractivity contribution in [2.45, 2.75) is 25.3 Å². The Labute approximate surface area is 123 Å². The average Bonchev–Trinajstić information content (AvgIpc) is 3.26. The zero-order valence-electron chi connectivity index (χ0n) is 11.6. The maximum atomic E-state index is 12.0. The molecule has 21 heavy (non-hydrogen) atoms. The van der Waals surface area contributed by atoms with Gasteiger partial charge in [-0.1, -0.05) is 0 Å². The number of benzene rings is 1. The van der Waals surface area contributed by atoms with Gasteiger partial charge in [0.15, 0.2) is 0 Å². The number of amides is 1. The first-order chi connectivity index (χ1) is 10.3. The van der Waals surface area contributed by atoms with Crippen molar-refractivity contribution in [1.82, 2.24) is 14.9 Å². The number of hydrogen-bond acceptors (Lipinski definition) is 3. The van der Waals surface area contributed by atoms with E-state index in [1.54, 1.807) is 24.3 Å². The Morgan fingerprint density at radius 3 is 2.81 bits per heavy atom. The molecule has 1 aromatic carbocycles. The second-order valence-corrected chi connectivity index (χ2v) is 5.20. The first-order valence-electron chi connectivity index (χ1n) is 7.07. The molecule has 0 spiro atoms. The molecule has 1 saturated carbocycles. The number of carbonyl (C=O) groups is 1. The zero-order chi connectivity index (χ0) is 14.7. The summed E-state index contributed by atoms with van der Waals surface area (Å²) in [5.41, 5.74) is 1.13. The van der Waals surface area contributed by atoms with Gasteiger partial charge in [-0.05, 0) is 37.1 Å². The topological polar surface area (TPSA) is 70.7 Å². The number of rotatable bonds is 5. The Balaban J connectivity index is 1.53. The largest absolute Gasteiger partial charge is 0.350 e. The summed E-state index contributed by atoms with van der Waals surface area (Å²) in [6, 6.07) is 8.67. The van der Waals surface area contributed by atoms with E-state index in [9.17, 15) is 4.79 Å². The summed E-state index contributed by atoms with van der Waals surface area (Å²) < 4.78 is 2.11. The van der Waals surface area contributed by atoms with Gasteiger partial charge in [0.05, 0.1) is 11.6 Å². The van der Waals surface area contributed by atoms with E-state index in [2.05, 4.69) is 14.9 Å². The van der Waals surface area contributed by atoms with Crippen LogP contribution in [0.25, 0.3) is 0 Å². The predicted octanol–water partition coefficient (Wildman–Crippen LogP) is 2.06. The average molecular weight is 280 g/mol. The van der Waals surface area contributed by atoms with E-state index in [0.717, 1.165) is 12.4 Å². The van der Waals surface area contributed by atoms with Crippen LogP contribution in [0.5, 0.6) is 0 Å². The van der Waals surface area contributed by atoms with E-state index in [1.807, 2.05) is 18.5 Å². The lowest BCUT2D eigenvalue weighted by Crippen LogP contribution is -2.27. The maximum absolute atomic E-state index is 12.0. The Hall–Kier alpha value is -2.61. The van der Waals surface area contributed by atoms with Crippen LogP contribution in [0.4, 0.5) is 0 Å². The first kappa shape index (κ1) is 13.4. The molecule has 1 heterocycles. The van der Waals surface area contributed by atoms with Crippen LogP contribution in [0.2, 0.25) is 0 Å². The Kier molecular flexibility index (Phi) is 3.69. The molecule has 0 atom stereocenters. The highest BCUT2D eigenvalue weighted by Crippen LogP contribution is 2.38. The lowest BCUT2D eigenvalue weighted by Gasteiger charge is -2.08. The number of carbonyl (C=O) groups excluding carboxylic acids is 1. The molecule has 2 aromatic rings. The highest BCUT2D eigenvalue weighted by molar-refractivity contribution is 5.94. The van der Waals surface area contributed by atoms with Crippen molar-refractivity contribution in [3.05, 3.63) is 53.6 Å². The van der Waals surface area contributed by atoms with Gasteiger partial charge in [-0.15, -0.1) is 0 Å². The van der Waals surface area contributed by atoms with Crippen molar-refractivity contribution in [3.63, 3.8) is 0 Å². The number of nitriles is 1. The molecule has 1 aromatic heterocycles. The summed E-state index contributed by atoms with van der Waals surface area (Å²) in [6.07, 6.45) is 6.21. The van der Waals surface area contributed by atoms with Crippen molar-refractivity contribution in [2.75, 3.05) is 6.54 Å². The van der Waals surface area contributed by atoms with Crippen LogP contribution in [-0.4, -0.2) is 22.0 Å². The summed E-state index contributed by atoms with van der Waals surface area (Å²) in [5.74, 6) is 1.62. The summed E-state index contributed by atoms with van der Waals surface area (Å²) in [6.45, 7) is 1.29. The molecule has 106 valence electrons. The molecular weight excluding hydrogens is 264 g/mol. The highest BCUT2D eigenvalue weighted by atomic mass is 16.1. The van der Waals surface area contributed by atoms with Gasteiger partial charge >= 0.3 is 0 Å². The minimum Gasteiger partial charge on any atom is -0.350 e. The van der Waals surface area contributed by atoms with Gasteiger partial charge < -0.3 is 9.88 Å². The number of aromatic nitrogens is 2. The van der Waals surface area contributed by atoms with E-state index in [1.165, 1.54) is 12.8 Å². The fourth-order valence-corrected chi connectivity index (χ4v) is 2.30. The third-order valence-corrected chi connectivity index (χ3v) is 3.60. The van der Waals surface area contributed by atoms with E-state index in [0.29, 0.717) is 23.6 Å². The number of hydrogen-bond donors (Lipinski definition) is 1. The molecular formula is C16H16N4O. The van der Waals surface area contributed by atoms with Crippen molar-refractivity contribution in [3.8, 4) is 6.07 Å². The molecule has 1 N–H and O–H groups in total. The van der Waals surface area contributed by atoms with E-state index >= 15 is 0 Å². The monoisotopic (exact) mass is 280 g/mol. The summed E-state index contributed by atoms with van der Waals surface area (Å²) in [4.78, 5) is 16.4. The van der Waals surface area contributed by atoms with Crippen molar-refractivity contribution >= 4 is 5.91 Å². The van der Waals surface area contributed by atoms with Crippen LogP contribution < -0.4 is 5.32 Å². The predicted molar refractivity (Wildman–Crippen MR) is 77.7 cm³/mol. The highest BCUT2D eigenvalue weighted by Gasteiger charge is 2.27. The Morgan fingerprint density at radius 1 is 1.38 bits per heavy atom. The van der Waals surface area contributed by atoms with Crippen LogP contribution in [0.15, 0.2) is 36.7 Å². The lowest BCUT2D eigenvalue weighted by atomic mass is 10.1. The fourth-order valence-electron chi connectivity index (χ4n) is 2.30. The van der Waals surface area contributed by atoms with E-state index in [4.69, 9.17) is 5.26 Å². The molecule has 5 nitrogen and oxygen atoms in total. The molecule has 3 rings (SSSR count). The molecule has 1 aliphatic rings. The third kappa shape index (κ3) is 3.11. The Bertz CT molecular complexity index is 677. The fraction of sp³-hybridized carbons (Fsp3) is 0.312. The second-order valence-electron chi connectivity index (χ2n) is 5.20. The molecule has 0 saturated heterocycles. The molecule has 1 amide bonds. The lowest BCUT2D eigenvalue weighted by molar-refractivity contribution is 0.0952. The molecule has 1 fully saturated rings. The van der Waals surface area contributed by atoms with Crippen molar-refractivity contribution in [2.24, 2.45) is 0 Å². The number of imidazole rings is 1. The SMILES string of the molecule is N#Cc1ccc(C(=O)NCCn2ccnc2C2CC2)cc1. The molecule has 1 aliphatic carbocycles. The quantitative estimate of drug-likeness (QED) is 0.911. The van der Waals surface area contributed by atoms with Gasteiger partial charge in [-0.25, -0.2) is 4.98 Å². The standard InChI is InChI=1S/C16H16N4O/c17-11-12-1-3-14(4-2-12)16(21)19-8-10-20-9-7-18-15(20)13-5-6-13/h1-4,7,9,13H,5-6,8,10H2,(H,19,21). The van der Waals surface area contributed by atoms with Gasteiger partial charge in [0.2, 0.25) is 0 Å².